The highest BCUT2D eigenvalue weighted by atomic mass is 16.3. The Labute approximate surface area is 202 Å². The normalized spacial score (nSPS) is 24.1. The summed E-state index contributed by atoms with van der Waals surface area (Å²) in [4.78, 5) is 0. The van der Waals surface area contributed by atoms with E-state index in [2.05, 4.69) is 69.3 Å². The lowest BCUT2D eigenvalue weighted by atomic mass is 9.75. The van der Waals surface area contributed by atoms with E-state index in [9.17, 15) is 10.2 Å². The lowest BCUT2D eigenvalue weighted by molar-refractivity contribution is 0.104. The van der Waals surface area contributed by atoms with Gasteiger partial charge in [0.15, 0.2) is 0 Å². The molecule has 1 fully saturated rings. The molecule has 1 aliphatic carbocycles. The minimum atomic E-state index is -0.255. The fourth-order valence-electron chi connectivity index (χ4n) is 6.13. The zero-order valence-electron chi connectivity index (χ0n) is 21.4. The summed E-state index contributed by atoms with van der Waals surface area (Å²) in [5, 5.41) is 20.2. The van der Waals surface area contributed by atoms with Crippen molar-refractivity contribution in [1.29, 1.82) is 0 Å². The largest absolute Gasteiger partial charge is 0.393 e. The highest BCUT2D eigenvalue weighted by Crippen LogP contribution is 2.39. The third-order valence-corrected chi connectivity index (χ3v) is 7.83. The van der Waals surface area contributed by atoms with E-state index in [0.29, 0.717) is 0 Å². The van der Waals surface area contributed by atoms with E-state index < -0.39 is 0 Å². The van der Waals surface area contributed by atoms with Crippen molar-refractivity contribution in [1.82, 2.24) is 0 Å². The zero-order valence-corrected chi connectivity index (χ0v) is 21.4. The van der Waals surface area contributed by atoms with Gasteiger partial charge in [-0.25, -0.2) is 0 Å². The molecule has 3 rings (SSSR count). The molecule has 0 spiro atoms. The van der Waals surface area contributed by atoms with E-state index in [1.165, 1.54) is 41.5 Å². The Bertz CT molecular complexity index is 838. The second-order valence-electron chi connectivity index (χ2n) is 11.6. The van der Waals surface area contributed by atoms with Crippen molar-refractivity contribution in [3.63, 3.8) is 0 Å². The van der Waals surface area contributed by atoms with E-state index in [1.54, 1.807) is 0 Å². The van der Waals surface area contributed by atoms with E-state index in [1.807, 2.05) is 6.92 Å². The van der Waals surface area contributed by atoms with Crippen LogP contribution in [0.1, 0.15) is 96.6 Å². The number of aliphatic hydroxyl groups excluding tert-OH is 2. The summed E-state index contributed by atoms with van der Waals surface area (Å²) in [5.41, 5.74) is 5.69. The molecule has 2 heteroatoms. The fourth-order valence-corrected chi connectivity index (χ4v) is 6.13. The summed E-state index contributed by atoms with van der Waals surface area (Å²) >= 11 is 0. The highest BCUT2D eigenvalue weighted by Gasteiger charge is 2.29. The molecule has 4 unspecified atom stereocenters. The molecular formula is C31H46O2. The fraction of sp³-hybridized carbons (Fsp3) is 0.613. The molecule has 182 valence electrons. The molecule has 2 nitrogen and oxygen atoms in total. The third kappa shape index (κ3) is 7.97. The maximum atomic E-state index is 10.2. The van der Waals surface area contributed by atoms with Gasteiger partial charge in [-0.05, 0) is 91.4 Å². The van der Waals surface area contributed by atoms with Crippen molar-refractivity contribution >= 4 is 0 Å². The molecule has 2 aromatic rings. The van der Waals surface area contributed by atoms with E-state index in [4.69, 9.17) is 0 Å². The summed E-state index contributed by atoms with van der Waals surface area (Å²) in [6.45, 7) is 8.81. The smallest absolute Gasteiger partial charge is 0.0545 e. The Hall–Kier alpha value is -1.64. The van der Waals surface area contributed by atoms with E-state index in [0.717, 1.165) is 51.4 Å². The van der Waals surface area contributed by atoms with Crippen LogP contribution in [0.4, 0.5) is 0 Å². The Morgan fingerprint density at radius 3 is 2.18 bits per heavy atom. The first-order valence-electron chi connectivity index (χ1n) is 13.2. The number of hydrogen-bond donors (Lipinski definition) is 2. The first kappa shape index (κ1) is 26.0. The molecule has 2 aromatic carbocycles. The molecule has 0 amide bonds. The average molecular weight is 451 g/mol. The van der Waals surface area contributed by atoms with Crippen LogP contribution in [0.25, 0.3) is 11.1 Å². The number of aliphatic hydroxyl groups is 2. The Morgan fingerprint density at radius 1 is 1.00 bits per heavy atom. The van der Waals surface area contributed by atoms with Gasteiger partial charge in [-0.15, -0.1) is 0 Å². The summed E-state index contributed by atoms with van der Waals surface area (Å²) < 4.78 is 0. The van der Waals surface area contributed by atoms with Crippen LogP contribution in [0.3, 0.4) is 0 Å². The van der Waals surface area contributed by atoms with Crippen molar-refractivity contribution in [2.45, 2.75) is 111 Å². The second-order valence-corrected chi connectivity index (χ2v) is 11.6. The number of benzene rings is 2. The molecule has 2 N–H and O–H groups in total. The second kappa shape index (κ2) is 11.7. The third-order valence-electron chi connectivity index (χ3n) is 7.83. The SMILES string of the molecule is CCCC(C)(Cc1ccc(-c2ccc(CCC3(C)CCCCC(O)C3)cc2)cc1)CC(C)O. The van der Waals surface area contributed by atoms with Crippen LogP contribution < -0.4 is 0 Å². The molecule has 0 aromatic heterocycles. The molecule has 1 aliphatic rings. The molecule has 0 saturated heterocycles. The minimum absolute atomic E-state index is 0.116. The van der Waals surface area contributed by atoms with Crippen LogP contribution in [0, 0.1) is 10.8 Å². The summed E-state index contributed by atoms with van der Waals surface area (Å²) in [6, 6.07) is 18.1. The quantitative estimate of drug-likeness (QED) is 0.363. The molecule has 0 radical (unpaired) electrons. The van der Waals surface area contributed by atoms with Gasteiger partial charge < -0.3 is 10.2 Å². The van der Waals surface area contributed by atoms with E-state index >= 15 is 0 Å². The van der Waals surface area contributed by atoms with Gasteiger partial charge in [-0.1, -0.05) is 88.6 Å². The molecular weight excluding hydrogens is 404 g/mol. The van der Waals surface area contributed by atoms with Gasteiger partial charge in [-0.2, -0.15) is 0 Å². The monoisotopic (exact) mass is 450 g/mol. The van der Waals surface area contributed by atoms with Crippen LogP contribution in [0.2, 0.25) is 0 Å². The van der Waals surface area contributed by atoms with E-state index in [-0.39, 0.29) is 23.0 Å². The van der Waals surface area contributed by atoms with Crippen molar-refractivity contribution in [3.8, 4) is 11.1 Å². The molecule has 4 atom stereocenters. The first-order chi connectivity index (χ1) is 15.7. The lowest BCUT2D eigenvalue weighted by Gasteiger charge is -2.31. The molecule has 1 saturated carbocycles. The van der Waals surface area contributed by atoms with Gasteiger partial charge >= 0.3 is 0 Å². The van der Waals surface area contributed by atoms with Crippen LogP contribution in [0.15, 0.2) is 48.5 Å². The van der Waals surface area contributed by atoms with Gasteiger partial charge in [0, 0.05) is 0 Å². The average Bonchev–Trinajstić information content (AvgIpc) is 2.93. The predicted molar refractivity (Wildman–Crippen MR) is 140 cm³/mol. The van der Waals surface area contributed by atoms with Crippen molar-refractivity contribution in [2.75, 3.05) is 0 Å². The number of hydrogen-bond acceptors (Lipinski definition) is 2. The van der Waals surface area contributed by atoms with Gasteiger partial charge in [0.2, 0.25) is 0 Å². The predicted octanol–water partition coefficient (Wildman–Crippen LogP) is 7.74. The van der Waals surface area contributed by atoms with Gasteiger partial charge in [0.1, 0.15) is 0 Å². The van der Waals surface area contributed by atoms with Crippen LogP contribution in [-0.2, 0) is 12.8 Å². The van der Waals surface area contributed by atoms with Crippen LogP contribution in [0.5, 0.6) is 0 Å². The summed E-state index contributed by atoms with van der Waals surface area (Å²) in [5.74, 6) is 0. The molecule has 0 bridgehead atoms. The summed E-state index contributed by atoms with van der Waals surface area (Å²) in [6.07, 6.45) is 11.6. The maximum absolute atomic E-state index is 10.2. The Morgan fingerprint density at radius 2 is 1.61 bits per heavy atom. The number of rotatable bonds is 10. The highest BCUT2D eigenvalue weighted by molar-refractivity contribution is 5.64. The minimum Gasteiger partial charge on any atom is -0.393 e. The lowest BCUT2D eigenvalue weighted by Crippen LogP contribution is -2.24. The van der Waals surface area contributed by atoms with Crippen molar-refractivity contribution in [2.24, 2.45) is 10.8 Å². The topological polar surface area (TPSA) is 40.5 Å². The van der Waals surface area contributed by atoms with Crippen LogP contribution >= 0.6 is 0 Å². The Balaban J connectivity index is 1.60. The maximum Gasteiger partial charge on any atom is 0.0545 e. The number of aryl methyl sites for hydroxylation is 1. The first-order valence-corrected chi connectivity index (χ1v) is 13.2. The molecule has 33 heavy (non-hydrogen) atoms. The van der Waals surface area contributed by atoms with Crippen molar-refractivity contribution in [3.05, 3.63) is 59.7 Å². The molecule has 0 aliphatic heterocycles. The van der Waals surface area contributed by atoms with Gasteiger partial charge in [-0.3, -0.25) is 0 Å². The van der Waals surface area contributed by atoms with Crippen LogP contribution in [-0.4, -0.2) is 22.4 Å². The van der Waals surface area contributed by atoms with Gasteiger partial charge in [0.25, 0.3) is 0 Å². The summed E-state index contributed by atoms with van der Waals surface area (Å²) in [7, 11) is 0. The van der Waals surface area contributed by atoms with Crippen molar-refractivity contribution < 1.29 is 10.2 Å². The Kier molecular flexibility index (Phi) is 9.18. The standard InChI is InChI=1S/C31H46O2/c1-5-18-31(4,21-24(2)32)22-26-11-15-28(16-12-26)27-13-9-25(10-14-27)17-20-30(3)19-7-6-8-29(33)23-30/h9-16,24,29,32-33H,5-8,17-23H2,1-4H3. The molecule has 0 heterocycles. The van der Waals surface area contributed by atoms with Gasteiger partial charge in [0.05, 0.1) is 12.2 Å². The zero-order chi connectivity index (χ0) is 23.9.